The standard InChI is InChI=1S/C26H22N2O8/c1-3-23(18-7-5-4-6-8-18)26(2,36-25(30)20-11-15-22(16-12-20)28(33)34)17-35-24(29)19-9-13-21(14-10-19)27(31)32/h3-16,23H,1,17H2,2H3. The van der Waals surface area contributed by atoms with Crippen molar-refractivity contribution in [3.63, 3.8) is 0 Å². The van der Waals surface area contributed by atoms with Gasteiger partial charge < -0.3 is 9.47 Å². The number of non-ortho nitro benzene ring substituents is 2. The molecule has 0 amide bonds. The summed E-state index contributed by atoms with van der Waals surface area (Å²) in [6, 6.07) is 18.8. The maximum Gasteiger partial charge on any atom is 0.338 e. The van der Waals surface area contributed by atoms with Gasteiger partial charge in [0.25, 0.3) is 11.4 Å². The van der Waals surface area contributed by atoms with Crippen molar-refractivity contribution in [3.8, 4) is 0 Å². The second kappa shape index (κ2) is 11.0. The number of rotatable bonds is 10. The first kappa shape index (κ1) is 25.8. The van der Waals surface area contributed by atoms with E-state index in [9.17, 15) is 29.8 Å². The topological polar surface area (TPSA) is 139 Å². The van der Waals surface area contributed by atoms with E-state index in [2.05, 4.69) is 6.58 Å². The second-order valence-corrected chi connectivity index (χ2v) is 8.01. The molecule has 0 saturated carbocycles. The molecule has 0 N–H and O–H groups in total. The molecule has 3 rings (SSSR count). The number of hydrogen-bond donors (Lipinski definition) is 0. The molecule has 0 aliphatic rings. The smallest absolute Gasteiger partial charge is 0.338 e. The number of esters is 2. The zero-order valence-corrected chi connectivity index (χ0v) is 19.2. The Balaban J connectivity index is 1.87. The average Bonchev–Trinajstić information content (AvgIpc) is 2.88. The van der Waals surface area contributed by atoms with Gasteiger partial charge in [-0.3, -0.25) is 20.2 Å². The van der Waals surface area contributed by atoms with Crippen molar-refractivity contribution in [1.82, 2.24) is 0 Å². The summed E-state index contributed by atoms with van der Waals surface area (Å²) in [4.78, 5) is 46.2. The number of benzene rings is 3. The summed E-state index contributed by atoms with van der Waals surface area (Å²) in [5, 5.41) is 21.8. The molecule has 10 nitrogen and oxygen atoms in total. The summed E-state index contributed by atoms with van der Waals surface area (Å²) in [6.45, 7) is 5.07. The maximum absolute atomic E-state index is 13.0. The van der Waals surface area contributed by atoms with Crippen LogP contribution in [0.15, 0.2) is 91.5 Å². The highest BCUT2D eigenvalue weighted by molar-refractivity contribution is 5.91. The third-order valence-corrected chi connectivity index (χ3v) is 5.50. The highest BCUT2D eigenvalue weighted by Crippen LogP contribution is 2.34. The molecule has 3 aromatic carbocycles. The van der Waals surface area contributed by atoms with E-state index >= 15 is 0 Å². The van der Waals surface area contributed by atoms with Gasteiger partial charge in [-0.2, -0.15) is 0 Å². The highest BCUT2D eigenvalue weighted by Gasteiger charge is 2.39. The van der Waals surface area contributed by atoms with Gasteiger partial charge in [-0.1, -0.05) is 36.4 Å². The Kier molecular flexibility index (Phi) is 7.90. The molecule has 0 saturated heterocycles. The largest absolute Gasteiger partial charge is 0.458 e. The molecule has 0 bridgehead atoms. The molecular formula is C26H22N2O8. The lowest BCUT2D eigenvalue weighted by Gasteiger charge is -2.35. The minimum Gasteiger partial charge on any atom is -0.458 e. The number of carbonyl (C=O) groups is 2. The zero-order valence-electron chi connectivity index (χ0n) is 19.2. The minimum atomic E-state index is -1.42. The Morgan fingerprint density at radius 3 is 1.78 bits per heavy atom. The molecule has 2 atom stereocenters. The van der Waals surface area contributed by atoms with Gasteiger partial charge in [-0.25, -0.2) is 9.59 Å². The van der Waals surface area contributed by atoms with Crippen LogP contribution in [0.25, 0.3) is 0 Å². The number of nitrogens with zero attached hydrogens (tertiary/aromatic N) is 2. The molecule has 36 heavy (non-hydrogen) atoms. The molecule has 0 fully saturated rings. The van der Waals surface area contributed by atoms with Gasteiger partial charge in [0, 0.05) is 30.2 Å². The molecule has 0 spiro atoms. The van der Waals surface area contributed by atoms with E-state index in [1.165, 1.54) is 48.5 Å². The number of ether oxygens (including phenoxy) is 2. The predicted molar refractivity (Wildman–Crippen MR) is 130 cm³/mol. The molecular weight excluding hydrogens is 468 g/mol. The van der Waals surface area contributed by atoms with Crippen LogP contribution >= 0.6 is 0 Å². The monoisotopic (exact) mass is 490 g/mol. The third kappa shape index (κ3) is 5.98. The van der Waals surface area contributed by atoms with Crippen LogP contribution in [0.5, 0.6) is 0 Å². The van der Waals surface area contributed by atoms with Gasteiger partial charge in [0.1, 0.15) is 6.61 Å². The summed E-state index contributed by atoms with van der Waals surface area (Å²) >= 11 is 0. The van der Waals surface area contributed by atoms with Crippen LogP contribution in [0.1, 0.15) is 39.1 Å². The summed E-state index contributed by atoms with van der Waals surface area (Å²) in [5.41, 5.74) is -0.871. The molecule has 184 valence electrons. The maximum atomic E-state index is 13.0. The van der Waals surface area contributed by atoms with Crippen LogP contribution in [0, 0.1) is 20.2 Å². The predicted octanol–water partition coefficient (Wildman–Crippen LogP) is 5.25. The Morgan fingerprint density at radius 1 is 0.861 bits per heavy atom. The van der Waals surface area contributed by atoms with E-state index in [1.807, 2.05) is 18.2 Å². The molecule has 2 unspecified atom stereocenters. The SMILES string of the molecule is C=CC(c1ccccc1)C(C)(COC(=O)c1ccc([N+](=O)[O-])cc1)OC(=O)c1ccc([N+](=O)[O-])cc1. The van der Waals surface area contributed by atoms with Crippen LogP contribution in [0.2, 0.25) is 0 Å². The molecule has 10 heteroatoms. The minimum absolute atomic E-state index is 0.0735. The molecule has 0 radical (unpaired) electrons. The van der Waals surface area contributed by atoms with Crippen LogP contribution in [0.3, 0.4) is 0 Å². The number of hydrogen-bond acceptors (Lipinski definition) is 8. The van der Waals surface area contributed by atoms with Crippen molar-refractivity contribution in [2.45, 2.75) is 18.4 Å². The van der Waals surface area contributed by atoms with Crippen LogP contribution in [0.4, 0.5) is 11.4 Å². The van der Waals surface area contributed by atoms with Gasteiger partial charge in [-0.05, 0) is 36.8 Å². The van der Waals surface area contributed by atoms with E-state index in [-0.39, 0.29) is 29.1 Å². The lowest BCUT2D eigenvalue weighted by molar-refractivity contribution is -0.385. The Morgan fingerprint density at radius 2 is 1.33 bits per heavy atom. The molecule has 3 aromatic rings. The van der Waals surface area contributed by atoms with Crippen molar-refractivity contribution in [2.75, 3.05) is 6.61 Å². The Hall–Kier alpha value is -4.86. The molecule has 0 aliphatic heterocycles. The van der Waals surface area contributed by atoms with Crippen molar-refractivity contribution in [3.05, 3.63) is 128 Å². The molecule has 0 heterocycles. The van der Waals surface area contributed by atoms with E-state index < -0.39 is 33.3 Å². The van der Waals surface area contributed by atoms with Crippen molar-refractivity contribution in [1.29, 1.82) is 0 Å². The number of nitro benzene ring substituents is 2. The Labute approximate surface area is 206 Å². The van der Waals surface area contributed by atoms with E-state index in [4.69, 9.17) is 9.47 Å². The van der Waals surface area contributed by atoms with Crippen molar-refractivity contribution in [2.24, 2.45) is 0 Å². The fraction of sp³-hybridized carbons (Fsp3) is 0.154. The third-order valence-electron chi connectivity index (χ3n) is 5.50. The van der Waals surface area contributed by atoms with Crippen molar-refractivity contribution < 1.29 is 28.9 Å². The van der Waals surface area contributed by atoms with E-state index in [1.54, 1.807) is 25.1 Å². The summed E-state index contributed by atoms with van der Waals surface area (Å²) in [6.07, 6.45) is 1.57. The number of carbonyl (C=O) groups excluding carboxylic acids is 2. The van der Waals surface area contributed by atoms with Crippen molar-refractivity contribution >= 4 is 23.3 Å². The van der Waals surface area contributed by atoms with E-state index in [0.717, 1.165) is 5.56 Å². The first-order chi connectivity index (χ1) is 17.1. The first-order valence-corrected chi connectivity index (χ1v) is 10.7. The van der Waals surface area contributed by atoms with E-state index in [0.29, 0.717) is 0 Å². The van der Waals surface area contributed by atoms with Gasteiger partial charge in [-0.15, -0.1) is 6.58 Å². The first-order valence-electron chi connectivity index (χ1n) is 10.7. The zero-order chi connectivity index (χ0) is 26.3. The highest BCUT2D eigenvalue weighted by atomic mass is 16.6. The second-order valence-electron chi connectivity index (χ2n) is 8.01. The summed E-state index contributed by atoms with van der Waals surface area (Å²) in [7, 11) is 0. The van der Waals surface area contributed by atoms with Gasteiger partial charge in [0.2, 0.25) is 0 Å². The molecule has 0 aromatic heterocycles. The van der Waals surface area contributed by atoms with Crippen LogP contribution < -0.4 is 0 Å². The molecule has 0 aliphatic carbocycles. The summed E-state index contributed by atoms with van der Waals surface area (Å²) < 4.78 is 11.3. The Bertz CT molecular complexity index is 1270. The van der Waals surface area contributed by atoms with Gasteiger partial charge in [0.15, 0.2) is 5.60 Å². The van der Waals surface area contributed by atoms with Crippen LogP contribution in [-0.2, 0) is 9.47 Å². The van der Waals surface area contributed by atoms with Gasteiger partial charge in [0.05, 0.1) is 21.0 Å². The fourth-order valence-corrected chi connectivity index (χ4v) is 3.58. The average molecular weight is 490 g/mol. The normalized spacial score (nSPS) is 13.0. The van der Waals surface area contributed by atoms with Crippen LogP contribution in [-0.4, -0.2) is 34.0 Å². The lowest BCUT2D eigenvalue weighted by atomic mass is 9.83. The van der Waals surface area contributed by atoms with Gasteiger partial charge >= 0.3 is 11.9 Å². The number of nitro groups is 2. The fourth-order valence-electron chi connectivity index (χ4n) is 3.58. The summed E-state index contributed by atoms with van der Waals surface area (Å²) in [5.74, 6) is -2.13. The quantitative estimate of drug-likeness (QED) is 0.163. The lowest BCUT2D eigenvalue weighted by Crippen LogP contribution is -2.43.